The normalized spacial score (nSPS) is 26.9. The topological polar surface area (TPSA) is 12.5 Å². The van der Waals surface area contributed by atoms with Crippen LogP contribution in [0.15, 0.2) is 24.3 Å². The second kappa shape index (κ2) is 5.43. The Morgan fingerprint density at radius 1 is 1.37 bits per heavy atom. The van der Waals surface area contributed by atoms with Gasteiger partial charge in [0.25, 0.3) is 0 Å². The first-order valence-electron chi connectivity index (χ1n) is 7.25. The van der Waals surface area contributed by atoms with Gasteiger partial charge in [0.15, 0.2) is 0 Å². The van der Waals surface area contributed by atoms with Crippen molar-refractivity contribution in [1.82, 2.24) is 4.90 Å². The summed E-state index contributed by atoms with van der Waals surface area (Å²) in [4.78, 5) is 2.55. The van der Waals surface area contributed by atoms with Gasteiger partial charge in [-0.25, -0.2) is 0 Å². The maximum Gasteiger partial charge on any atom is 0.0966 e. The summed E-state index contributed by atoms with van der Waals surface area (Å²) < 4.78 is 5.92. The minimum absolute atomic E-state index is 0.131. The SMILES string of the molecule is CC1(CN2CCO[C@H](c3ccccc3Cl)C2)CCC1. The average molecular weight is 280 g/mol. The number of hydrogen-bond acceptors (Lipinski definition) is 2. The summed E-state index contributed by atoms with van der Waals surface area (Å²) >= 11 is 6.28. The van der Waals surface area contributed by atoms with E-state index in [2.05, 4.69) is 17.9 Å². The van der Waals surface area contributed by atoms with Crippen molar-refractivity contribution in [3.63, 3.8) is 0 Å². The third-order valence-corrected chi connectivity index (χ3v) is 4.91. The van der Waals surface area contributed by atoms with Crippen LogP contribution >= 0.6 is 11.6 Å². The molecule has 1 aliphatic carbocycles. The van der Waals surface area contributed by atoms with E-state index in [9.17, 15) is 0 Å². The number of benzene rings is 1. The maximum absolute atomic E-state index is 6.28. The first kappa shape index (κ1) is 13.4. The highest BCUT2D eigenvalue weighted by atomic mass is 35.5. The van der Waals surface area contributed by atoms with Gasteiger partial charge in [-0.1, -0.05) is 43.1 Å². The molecule has 3 rings (SSSR count). The second-order valence-electron chi connectivity index (χ2n) is 6.28. The Kier molecular flexibility index (Phi) is 3.84. The Morgan fingerprint density at radius 3 is 2.84 bits per heavy atom. The highest BCUT2D eigenvalue weighted by Crippen LogP contribution is 2.41. The molecule has 1 heterocycles. The maximum atomic E-state index is 6.28. The van der Waals surface area contributed by atoms with Crippen molar-refractivity contribution < 1.29 is 4.74 Å². The Morgan fingerprint density at radius 2 is 2.16 bits per heavy atom. The fourth-order valence-corrected chi connectivity index (χ4v) is 3.51. The van der Waals surface area contributed by atoms with Crippen molar-refractivity contribution >= 4 is 11.6 Å². The van der Waals surface area contributed by atoms with E-state index in [-0.39, 0.29) is 6.10 Å². The van der Waals surface area contributed by atoms with Gasteiger partial charge in [-0.3, -0.25) is 4.90 Å². The molecule has 19 heavy (non-hydrogen) atoms. The highest BCUT2D eigenvalue weighted by molar-refractivity contribution is 6.31. The fourth-order valence-electron chi connectivity index (χ4n) is 3.25. The first-order valence-corrected chi connectivity index (χ1v) is 7.62. The molecule has 1 atom stereocenters. The molecule has 1 aliphatic heterocycles. The zero-order valence-electron chi connectivity index (χ0n) is 11.6. The highest BCUT2D eigenvalue weighted by Gasteiger charge is 2.35. The minimum atomic E-state index is 0.131. The number of morpholine rings is 1. The van der Waals surface area contributed by atoms with Crippen LogP contribution in [0.4, 0.5) is 0 Å². The summed E-state index contributed by atoms with van der Waals surface area (Å²) in [5.41, 5.74) is 1.68. The predicted molar refractivity (Wildman–Crippen MR) is 78.5 cm³/mol. The molecule has 2 nitrogen and oxygen atoms in total. The molecule has 104 valence electrons. The van der Waals surface area contributed by atoms with Crippen molar-refractivity contribution in [3.8, 4) is 0 Å². The molecule has 0 aromatic heterocycles. The molecule has 0 unspecified atom stereocenters. The summed E-state index contributed by atoms with van der Waals surface area (Å²) in [6, 6.07) is 8.05. The lowest BCUT2D eigenvalue weighted by molar-refractivity contribution is -0.0502. The van der Waals surface area contributed by atoms with Crippen LogP contribution in [0.2, 0.25) is 5.02 Å². The van der Waals surface area contributed by atoms with E-state index in [0.717, 1.165) is 30.3 Å². The van der Waals surface area contributed by atoms with Gasteiger partial charge in [-0.2, -0.15) is 0 Å². The van der Waals surface area contributed by atoms with Gasteiger partial charge < -0.3 is 4.74 Å². The van der Waals surface area contributed by atoms with Gasteiger partial charge in [0.1, 0.15) is 0 Å². The van der Waals surface area contributed by atoms with Crippen LogP contribution in [0.5, 0.6) is 0 Å². The van der Waals surface area contributed by atoms with Gasteiger partial charge in [-0.05, 0) is 24.3 Å². The van der Waals surface area contributed by atoms with E-state index in [1.807, 2.05) is 18.2 Å². The minimum Gasteiger partial charge on any atom is -0.371 e. The van der Waals surface area contributed by atoms with E-state index in [1.165, 1.54) is 25.8 Å². The molecule has 0 amide bonds. The third kappa shape index (κ3) is 2.96. The quantitative estimate of drug-likeness (QED) is 0.832. The largest absolute Gasteiger partial charge is 0.371 e. The molecule has 1 saturated carbocycles. The number of nitrogens with zero attached hydrogens (tertiary/aromatic N) is 1. The van der Waals surface area contributed by atoms with E-state index in [4.69, 9.17) is 16.3 Å². The molecule has 0 spiro atoms. The molecular weight excluding hydrogens is 258 g/mol. The monoisotopic (exact) mass is 279 g/mol. The Hall–Kier alpha value is -0.570. The molecule has 3 heteroatoms. The lowest BCUT2D eigenvalue weighted by atomic mass is 9.70. The lowest BCUT2D eigenvalue weighted by Gasteiger charge is -2.44. The van der Waals surface area contributed by atoms with Crippen molar-refractivity contribution in [3.05, 3.63) is 34.9 Å². The van der Waals surface area contributed by atoms with Gasteiger partial charge in [0.2, 0.25) is 0 Å². The van der Waals surface area contributed by atoms with Gasteiger partial charge in [0, 0.05) is 30.2 Å². The van der Waals surface area contributed by atoms with Crippen LogP contribution in [0.25, 0.3) is 0 Å². The van der Waals surface area contributed by atoms with Crippen LogP contribution in [-0.2, 0) is 4.74 Å². The van der Waals surface area contributed by atoms with Crippen LogP contribution < -0.4 is 0 Å². The summed E-state index contributed by atoms with van der Waals surface area (Å²) in [5.74, 6) is 0. The van der Waals surface area contributed by atoms with Crippen LogP contribution in [0.1, 0.15) is 37.9 Å². The van der Waals surface area contributed by atoms with Crippen molar-refractivity contribution in [2.24, 2.45) is 5.41 Å². The number of halogens is 1. The number of hydrogen-bond donors (Lipinski definition) is 0. The Bertz CT molecular complexity index is 444. The van der Waals surface area contributed by atoms with Gasteiger partial charge in [0.05, 0.1) is 12.7 Å². The van der Waals surface area contributed by atoms with Crippen LogP contribution in [-0.4, -0.2) is 31.1 Å². The van der Waals surface area contributed by atoms with E-state index < -0.39 is 0 Å². The standard InChI is InChI=1S/C16H22ClNO/c1-16(7-4-8-16)12-18-9-10-19-15(11-18)13-5-2-3-6-14(13)17/h2-3,5-6,15H,4,7-12H2,1H3/t15-/m0/s1. The Labute approximate surface area is 120 Å². The van der Waals surface area contributed by atoms with Crippen LogP contribution in [0.3, 0.4) is 0 Å². The van der Waals surface area contributed by atoms with Gasteiger partial charge in [-0.15, -0.1) is 0 Å². The molecule has 1 aromatic carbocycles. The molecule has 2 fully saturated rings. The van der Waals surface area contributed by atoms with Gasteiger partial charge >= 0.3 is 0 Å². The molecule has 0 bridgehead atoms. The zero-order chi connectivity index (χ0) is 13.3. The first-order chi connectivity index (χ1) is 9.16. The molecule has 1 saturated heterocycles. The van der Waals surface area contributed by atoms with E-state index in [1.54, 1.807) is 0 Å². The van der Waals surface area contributed by atoms with Crippen LogP contribution in [0, 0.1) is 5.41 Å². The third-order valence-electron chi connectivity index (χ3n) is 4.57. The fraction of sp³-hybridized carbons (Fsp3) is 0.625. The molecular formula is C16H22ClNO. The zero-order valence-corrected chi connectivity index (χ0v) is 12.3. The molecule has 1 aromatic rings. The summed E-state index contributed by atoms with van der Waals surface area (Å²) in [6.07, 6.45) is 4.28. The number of ether oxygens (including phenoxy) is 1. The van der Waals surface area contributed by atoms with Crippen molar-refractivity contribution in [2.45, 2.75) is 32.3 Å². The van der Waals surface area contributed by atoms with E-state index in [0.29, 0.717) is 5.41 Å². The second-order valence-corrected chi connectivity index (χ2v) is 6.69. The summed E-state index contributed by atoms with van der Waals surface area (Å²) in [5, 5.41) is 0.823. The lowest BCUT2D eigenvalue weighted by Crippen LogP contribution is -2.46. The smallest absolute Gasteiger partial charge is 0.0966 e. The summed E-state index contributed by atoms with van der Waals surface area (Å²) in [7, 11) is 0. The number of rotatable bonds is 3. The van der Waals surface area contributed by atoms with E-state index >= 15 is 0 Å². The van der Waals surface area contributed by atoms with Crippen molar-refractivity contribution in [1.29, 1.82) is 0 Å². The summed E-state index contributed by atoms with van der Waals surface area (Å²) in [6.45, 7) is 6.45. The molecule has 0 radical (unpaired) electrons. The average Bonchev–Trinajstić information content (AvgIpc) is 2.38. The predicted octanol–water partition coefficient (Wildman–Crippen LogP) is 3.90. The molecule has 0 N–H and O–H groups in total. The Balaban J connectivity index is 1.66. The molecule has 2 aliphatic rings. The van der Waals surface area contributed by atoms with Crippen molar-refractivity contribution in [2.75, 3.05) is 26.2 Å².